The Balaban J connectivity index is 1.49. The molecule has 1 aliphatic carbocycles. The van der Waals surface area contributed by atoms with E-state index in [-0.39, 0.29) is 16.9 Å². The quantitative estimate of drug-likeness (QED) is 0.300. The second-order valence-electron chi connectivity index (χ2n) is 9.44. The zero-order chi connectivity index (χ0) is 24.3. The summed E-state index contributed by atoms with van der Waals surface area (Å²) >= 11 is 0. The maximum atomic E-state index is 15.0. The van der Waals surface area contributed by atoms with Gasteiger partial charge in [0.1, 0.15) is 5.75 Å². The van der Waals surface area contributed by atoms with Crippen LogP contribution in [0.5, 0.6) is 11.5 Å². The molecule has 1 fully saturated rings. The minimum Gasteiger partial charge on any atom is -0.494 e. The van der Waals surface area contributed by atoms with Gasteiger partial charge in [0.15, 0.2) is 11.6 Å². The first-order valence-corrected chi connectivity index (χ1v) is 12.9. The molecule has 2 aromatic carbocycles. The van der Waals surface area contributed by atoms with Crippen LogP contribution in [0, 0.1) is 17.7 Å². The van der Waals surface area contributed by atoms with Gasteiger partial charge in [-0.2, -0.15) is 0 Å². The smallest absolute Gasteiger partial charge is 0.336 e. The van der Waals surface area contributed by atoms with Crippen molar-refractivity contribution in [3.63, 3.8) is 0 Å². The minimum absolute atomic E-state index is 0.0373. The number of carbonyl (C=O) groups is 1. The number of benzene rings is 2. The maximum absolute atomic E-state index is 15.0. The molecule has 0 amide bonds. The summed E-state index contributed by atoms with van der Waals surface area (Å²) < 4.78 is 26.2. The maximum Gasteiger partial charge on any atom is 0.336 e. The molecule has 0 aromatic heterocycles. The van der Waals surface area contributed by atoms with E-state index in [2.05, 4.69) is 6.92 Å². The molecule has 0 radical (unpaired) electrons. The molecule has 1 N–H and O–H groups in total. The predicted molar refractivity (Wildman–Crippen MR) is 134 cm³/mol. The summed E-state index contributed by atoms with van der Waals surface area (Å²) in [7, 11) is 0. The fourth-order valence-electron chi connectivity index (χ4n) is 5.06. The van der Waals surface area contributed by atoms with E-state index in [0.29, 0.717) is 24.5 Å². The van der Waals surface area contributed by atoms with Gasteiger partial charge in [0, 0.05) is 5.56 Å². The fraction of sp³-hybridized carbons (Fsp3) is 0.552. The Morgan fingerprint density at radius 1 is 0.912 bits per heavy atom. The first-order chi connectivity index (χ1) is 16.5. The average Bonchev–Trinajstić information content (AvgIpc) is 2.84. The molecular formula is C29H39FO4. The van der Waals surface area contributed by atoms with E-state index in [4.69, 9.17) is 9.47 Å². The average molecular weight is 471 g/mol. The normalized spacial score (nSPS) is 18.0. The molecule has 186 valence electrons. The van der Waals surface area contributed by atoms with Crippen LogP contribution in [-0.4, -0.2) is 24.3 Å². The highest BCUT2D eigenvalue weighted by Gasteiger charge is 2.21. The number of halogens is 1. The highest BCUT2D eigenvalue weighted by Crippen LogP contribution is 2.35. The third-order valence-electron chi connectivity index (χ3n) is 6.99. The largest absolute Gasteiger partial charge is 0.494 e. The van der Waals surface area contributed by atoms with E-state index < -0.39 is 11.8 Å². The molecule has 34 heavy (non-hydrogen) atoms. The summed E-state index contributed by atoms with van der Waals surface area (Å²) in [5.41, 5.74) is 0.435. The Morgan fingerprint density at radius 3 is 2.15 bits per heavy atom. The molecule has 0 saturated heterocycles. The van der Waals surface area contributed by atoms with Crippen LogP contribution < -0.4 is 9.47 Å². The van der Waals surface area contributed by atoms with Crippen LogP contribution in [0.3, 0.4) is 0 Å². The zero-order valence-electron chi connectivity index (χ0n) is 20.7. The Kier molecular flexibility index (Phi) is 10.2. The second-order valence-corrected chi connectivity index (χ2v) is 9.44. The number of hydrogen-bond acceptors (Lipinski definition) is 3. The molecule has 0 heterocycles. The Morgan fingerprint density at radius 2 is 1.56 bits per heavy atom. The number of hydrogen-bond donors (Lipinski definition) is 1. The van der Waals surface area contributed by atoms with Crippen LogP contribution >= 0.6 is 0 Å². The van der Waals surface area contributed by atoms with Crippen LogP contribution in [-0.2, 0) is 0 Å². The minimum atomic E-state index is -1.17. The lowest BCUT2D eigenvalue weighted by Crippen LogP contribution is -2.15. The van der Waals surface area contributed by atoms with E-state index in [0.717, 1.165) is 18.3 Å². The number of carboxylic acid groups (broad SMARTS) is 1. The van der Waals surface area contributed by atoms with Crippen molar-refractivity contribution < 1.29 is 23.8 Å². The van der Waals surface area contributed by atoms with E-state index in [9.17, 15) is 14.3 Å². The summed E-state index contributed by atoms with van der Waals surface area (Å²) in [6.45, 7) is 4.99. The first-order valence-electron chi connectivity index (χ1n) is 12.9. The van der Waals surface area contributed by atoms with Crippen molar-refractivity contribution in [2.45, 2.75) is 78.1 Å². The van der Waals surface area contributed by atoms with Crippen LogP contribution in [0.25, 0.3) is 11.1 Å². The molecule has 1 aliphatic rings. The summed E-state index contributed by atoms with van der Waals surface area (Å²) in [6.07, 6.45) is 13.2. The Hall–Kier alpha value is -2.56. The highest BCUT2D eigenvalue weighted by atomic mass is 19.1. The number of carboxylic acids is 1. The number of unbranched alkanes of at least 4 members (excludes halogenated alkanes) is 2. The van der Waals surface area contributed by atoms with Gasteiger partial charge in [0.25, 0.3) is 0 Å². The fourth-order valence-corrected chi connectivity index (χ4v) is 5.06. The molecule has 0 bridgehead atoms. The third-order valence-corrected chi connectivity index (χ3v) is 6.99. The molecule has 5 heteroatoms. The lowest BCUT2D eigenvalue weighted by molar-refractivity contribution is 0.0697. The number of ether oxygens (including phenoxy) is 2. The predicted octanol–water partition coefficient (Wildman–Crippen LogP) is 8.14. The third kappa shape index (κ3) is 7.22. The highest BCUT2D eigenvalue weighted by molar-refractivity contribution is 5.96. The summed E-state index contributed by atoms with van der Waals surface area (Å²) in [5, 5.41) is 9.51. The van der Waals surface area contributed by atoms with Crippen molar-refractivity contribution in [1.29, 1.82) is 0 Å². The van der Waals surface area contributed by atoms with Gasteiger partial charge in [-0.25, -0.2) is 9.18 Å². The van der Waals surface area contributed by atoms with Crippen LogP contribution in [0.4, 0.5) is 4.39 Å². The van der Waals surface area contributed by atoms with Gasteiger partial charge in [-0.15, -0.1) is 0 Å². The van der Waals surface area contributed by atoms with Crippen molar-refractivity contribution in [3.05, 3.63) is 47.8 Å². The van der Waals surface area contributed by atoms with Gasteiger partial charge in [0.2, 0.25) is 0 Å². The van der Waals surface area contributed by atoms with Crippen LogP contribution in [0.15, 0.2) is 36.4 Å². The molecule has 1 saturated carbocycles. The second kappa shape index (κ2) is 13.4. The van der Waals surface area contributed by atoms with Crippen molar-refractivity contribution >= 4 is 5.97 Å². The van der Waals surface area contributed by atoms with E-state index in [1.165, 1.54) is 69.9 Å². The topological polar surface area (TPSA) is 55.8 Å². The first kappa shape index (κ1) is 26.1. The van der Waals surface area contributed by atoms with E-state index in [1.54, 1.807) is 31.2 Å². The Labute approximate surface area is 203 Å². The molecule has 4 nitrogen and oxygen atoms in total. The monoisotopic (exact) mass is 470 g/mol. The van der Waals surface area contributed by atoms with Crippen LogP contribution in [0.2, 0.25) is 0 Å². The van der Waals surface area contributed by atoms with Gasteiger partial charge < -0.3 is 14.6 Å². The summed E-state index contributed by atoms with van der Waals surface area (Å²) in [6, 6.07) is 9.70. The SMILES string of the molecule is CCCCCC1CCC(CCCOc2ccc(-c3c(C(=O)O)ccc(OCC)c3F)cc2)CC1. The summed E-state index contributed by atoms with van der Waals surface area (Å²) in [5.74, 6) is 0.698. The van der Waals surface area contributed by atoms with Crippen molar-refractivity contribution in [3.8, 4) is 22.6 Å². The molecule has 0 aliphatic heterocycles. The Bertz CT molecular complexity index is 901. The van der Waals surface area contributed by atoms with E-state index in [1.807, 2.05) is 0 Å². The van der Waals surface area contributed by atoms with Gasteiger partial charge in [0.05, 0.1) is 18.8 Å². The zero-order valence-corrected chi connectivity index (χ0v) is 20.7. The van der Waals surface area contributed by atoms with Gasteiger partial charge in [-0.05, 0) is 61.4 Å². The number of aromatic carboxylic acids is 1. The van der Waals surface area contributed by atoms with E-state index >= 15 is 0 Å². The summed E-state index contributed by atoms with van der Waals surface area (Å²) in [4.78, 5) is 11.6. The van der Waals surface area contributed by atoms with Crippen LogP contribution in [0.1, 0.15) is 88.4 Å². The number of rotatable bonds is 13. The van der Waals surface area contributed by atoms with Gasteiger partial charge in [-0.1, -0.05) is 70.4 Å². The lowest BCUT2D eigenvalue weighted by atomic mass is 9.78. The van der Waals surface area contributed by atoms with Crippen molar-refractivity contribution in [2.75, 3.05) is 13.2 Å². The van der Waals surface area contributed by atoms with Gasteiger partial charge in [-0.3, -0.25) is 0 Å². The molecule has 0 unspecified atom stereocenters. The lowest BCUT2D eigenvalue weighted by Gasteiger charge is -2.28. The van der Waals surface area contributed by atoms with Crippen molar-refractivity contribution in [1.82, 2.24) is 0 Å². The molecule has 2 aromatic rings. The van der Waals surface area contributed by atoms with Crippen molar-refractivity contribution in [2.24, 2.45) is 11.8 Å². The van der Waals surface area contributed by atoms with Gasteiger partial charge >= 0.3 is 5.97 Å². The molecule has 0 atom stereocenters. The molecular weight excluding hydrogens is 431 g/mol. The molecule has 3 rings (SSSR count). The standard InChI is InChI=1S/C29H39FO4/c1-3-5-6-8-21-10-12-22(13-11-21)9-7-20-34-24-16-14-23(15-17-24)27-25(29(31)32)18-19-26(28(27)30)33-4-2/h14-19,21-22H,3-13,20H2,1-2H3,(H,31,32). The molecule has 0 spiro atoms.